The van der Waals surface area contributed by atoms with Crippen LogP contribution in [0.1, 0.15) is 23.2 Å². The van der Waals surface area contributed by atoms with E-state index in [4.69, 9.17) is 5.26 Å². The second-order valence-electron chi connectivity index (χ2n) is 8.82. The molecule has 0 saturated carbocycles. The maximum Gasteiger partial charge on any atom is 0.249 e. The van der Waals surface area contributed by atoms with Gasteiger partial charge in [0.05, 0.1) is 24.0 Å². The van der Waals surface area contributed by atoms with Crippen molar-refractivity contribution in [3.63, 3.8) is 0 Å². The van der Waals surface area contributed by atoms with Gasteiger partial charge in [0.1, 0.15) is 23.7 Å². The maximum absolute atomic E-state index is 14.0. The number of aromatic nitrogens is 2. The smallest absolute Gasteiger partial charge is 0.249 e. The van der Waals surface area contributed by atoms with Crippen LogP contribution in [0, 0.1) is 17.1 Å². The third kappa shape index (κ3) is 4.90. The number of hydrogen-bond acceptors (Lipinski definition) is 5. The van der Waals surface area contributed by atoms with Crippen molar-refractivity contribution in [1.29, 1.82) is 5.26 Å². The molecule has 186 valence electrons. The molecule has 2 amide bonds. The Morgan fingerprint density at radius 1 is 1.24 bits per heavy atom. The molecule has 8 nitrogen and oxygen atoms in total. The van der Waals surface area contributed by atoms with Gasteiger partial charge in [0, 0.05) is 34.8 Å². The van der Waals surface area contributed by atoms with Crippen LogP contribution in [0.3, 0.4) is 0 Å². The number of halogens is 2. The van der Waals surface area contributed by atoms with E-state index in [0.717, 1.165) is 10.8 Å². The Balaban J connectivity index is 1.28. The lowest BCUT2D eigenvalue weighted by Gasteiger charge is -2.21. The second kappa shape index (κ2) is 10.0. The number of nitriles is 1. The molecule has 37 heavy (non-hydrogen) atoms. The Labute approximate surface area is 220 Å². The molecule has 10 heteroatoms. The normalized spacial score (nSPS) is 15.2. The van der Waals surface area contributed by atoms with Gasteiger partial charge in [0.25, 0.3) is 0 Å². The number of aromatic hydroxyl groups is 1. The van der Waals surface area contributed by atoms with Gasteiger partial charge in [0.2, 0.25) is 11.8 Å². The van der Waals surface area contributed by atoms with Crippen LogP contribution >= 0.6 is 15.9 Å². The van der Waals surface area contributed by atoms with Crippen molar-refractivity contribution in [3.05, 3.63) is 88.2 Å². The number of amides is 2. The fourth-order valence-corrected chi connectivity index (χ4v) is 5.13. The molecule has 0 radical (unpaired) electrons. The molecule has 1 atom stereocenters. The Hall–Kier alpha value is -4.23. The van der Waals surface area contributed by atoms with Crippen molar-refractivity contribution in [2.75, 3.05) is 11.4 Å². The highest BCUT2D eigenvalue weighted by molar-refractivity contribution is 9.10. The zero-order valence-electron chi connectivity index (χ0n) is 19.5. The molecule has 3 aromatic carbocycles. The van der Waals surface area contributed by atoms with Gasteiger partial charge in [-0.05, 0) is 63.6 Å². The summed E-state index contributed by atoms with van der Waals surface area (Å²) >= 11 is 3.53. The summed E-state index contributed by atoms with van der Waals surface area (Å²) in [5, 5.41) is 23.3. The summed E-state index contributed by atoms with van der Waals surface area (Å²) in [5.74, 6) is -1.06. The predicted molar refractivity (Wildman–Crippen MR) is 138 cm³/mol. The number of hydrogen-bond donors (Lipinski definition) is 2. The quantitative estimate of drug-likeness (QED) is 0.369. The third-order valence-electron chi connectivity index (χ3n) is 6.39. The summed E-state index contributed by atoms with van der Waals surface area (Å²) < 4.78 is 16.4. The summed E-state index contributed by atoms with van der Waals surface area (Å²) in [4.78, 5) is 31.9. The Morgan fingerprint density at radius 3 is 2.84 bits per heavy atom. The van der Waals surface area contributed by atoms with Crippen LogP contribution in [0.15, 0.2) is 65.5 Å². The third-order valence-corrected chi connectivity index (χ3v) is 7.03. The van der Waals surface area contributed by atoms with E-state index in [1.165, 1.54) is 12.1 Å². The van der Waals surface area contributed by atoms with Crippen molar-refractivity contribution in [2.24, 2.45) is 0 Å². The molecular formula is C27H21BrFN5O3. The fourth-order valence-electron chi connectivity index (χ4n) is 4.57. The van der Waals surface area contributed by atoms with Gasteiger partial charge in [-0.25, -0.2) is 9.37 Å². The lowest BCUT2D eigenvalue weighted by molar-refractivity contribution is -0.126. The zero-order valence-corrected chi connectivity index (χ0v) is 21.1. The highest BCUT2D eigenvalue weighted by atomic mass is 79.9. The van der Waals surface area contributed by atoms with Crippen molar-refractivity contribution in [3.8, 4) is 11.8 Å². The van der Waals surface area contributed by atoms with Crippen LogP contribution in [0.5, 0.6) is 5.75 Å². The summed E-state index contributed by atoms with van der Waals surface area (Å²) in [6.07, 6.45) is 3.54. The number of imidazole rings is 1. The van der Waals surface area contributed by atoms with Crippen molar-refractivity contribution in [2.45, 2.75) is 25.4 Å². The van der Waals surface area contributed by atoms with Gasteiger partial charge in [-0.15, -0.1) is 0 Å². The van der Waals surface area contributed by atoms with Crippen LogP contribution in [0.4, 0.5) is 10.1 Å². The summed E-state index contributed by atoms with van der Waals surface area (Å²) in [6, 6.07) is 14.2. The molecular weight excluding hydrogens is 541 g/mol. The molecule has 0 aliphatic carbocycles. The van der Waals surface area contributed by atoms with Gasteiger partial charge in [-0.2, -0.15) is 5.26 Å². The van der Waals surface area contributed by atoms with Gasteiger partial charge in [-0.1, -0.05) is 18.2 Å². The number of phenolic OH excluding ortho intramolecular Hbond substituents is 1. The van der Waals surface area contributed by atoms with E-state index >= 15 is 0 Å². The number of fused-ring (bicyclic) bond motifs is 1. The largest absolute Gasteiger partial charge is 0.508 e. The first kappa shape index (κ1) is 24.5. The average molecular weight is 562 g/mol. The van der Waals surface area contributed by atoms with Crippen LogP contribution in [-0.4, -0.2) is 39.1 Å². The number of nitrogens with zero attached hydrogens (tertiary/aromatic N) is 4. The van der Waals surface area contributed by atoms with Crippen LogP contribution < -0.4 is 10.2 Å². The first-order valence-electron chi connectivity index (χ1n) is 11.5. The standard InChI is InChI=1S/C27H21BrFN5O3/c28-22-6-4-17-3-5-20(35)11-21(17)26(22)34-8-7-24(27(34)37)32-25(36)10-19-13-31-15-33(19)14-16-1-2-18(12-30)23(29)9-16/h1-6,9,11,13,15,24,35H,7-8,10,14H2,(H,32,36). The molecule has 0 bridgehead atoms. The topological polar surface area (TPSA) is 111 Å². The number of benzene rings is 3. The maximum atomic E-state index is 14.0. The van der Waals surface area contributed by atoms with Crippen LogP contribution in [0.2, 0.25) is 0 Å². The highest BCUT2D eigenvalue weighted by Crippen LogP contribution is 2.38. The molecule has 2 heterocycles. The summed E-state index contributed by atoms with van der Waals surface area (Å²) in [6.45, 7) is 0.697. The molecule has 1 aliphatic heterocycles. The summed E-state index contributed by atoms with van der Waals surface area (Å²) in [7, 11) is 0. The second-order valence-corrected chi connectivity index (χ2v) is 9.67. The zero-order chi connectivity index (χ0) is 26.1. The minimum atomic E-state index is -0.684. The van der Waals surface area contributed by atoms with Gasteiger partial charge >= 0.3 is 0 Å². The molecule has 4 aromatic rings. The fraction of sp³-hybridized carbons (Fsp3) is 0.185. The molecule has 1 aliphatic rings. The number of phenols is 1. The number of rotatable bonds is 6. The number of carbonyl (C=O) groups excluding carboxylic acids is 2. The molecule has 1 fully saturated rings. The lowest BCUT2D eigenvalue weighted by Crippen LogP contribution is -2.42. The van der Waals surface area contributed by atoms with Crippen LogP contribution in [0.25, 0.3) is 10.8 Å². The minimum absolute atomic E-state index is 0.00558. The van der Waals surface area contributed by atoms with Crippen molar-refractivity contribution < 1.29 is 19.1 Å². The molecule has 1 saturated heterocycles. The van der Waals surface area contributed by atoms with E-state index < -0.39 is 11.9 Å². The minimum Gasteiger partial charge on any atom is -0.508 e. The Morgan fingerprint density at radius 2 is 2.05 bits per heavy atom. The predicted octanol–water partition coefficient (Wildman–Crippen LogP) is 4.03. The molecule has 1 unspecified atom stereocenters. The lowest BCUT2D eigenvalue weighted by atomic mass is 10.1. The average Bonchev–Trinajstić information content (AvgIpc) is 3.45. The van der Waals surface area contributed by atoms with Gasteiger partial charge < -0.3 is 19.9 Å². The van der Waals surface area contributed by atoms with E-state index in [2.05, 4.69) is 26.2 Å². The van der Waals surface area contributed by atoms with Gasteiger partial charge in [0.15, 0.2) is 0 Å². The Kier molecular flexibility index (Phi) is 6.63. The van der Waals surface area contributed by atoms with E-state index in [1.807, 2.05) is 12.1 Å². The molecule has 2 N–H and O–H groups in total. The van der Waals surface area contributed by atoms with Crippen molar-refractivity contribution in [1.82, 2.24) is 14.9 Å². The number of carbonyl (C=O) groups is 2. The van der Waals surface area contributed by atoms with E-state index in [-0.39, 0.29) is 36.1 Å². The van der Waals surface area contributed by atoms with E-state index in [1.54, 1.807) is 52.3 Å². The van der Waals surface area contributed by atoms with Crippen LogP contribution in [-0.2, 0) is 22.6 Å². The van der Waals surface area contributed by atoms with E-state index in [9.17, 15) is 19.1 Å². The summed E-state index contributed by atoms with van der Waals surface area (Å²) in [5.41, 5.74) is 1.86. The SMILES string of the molecule is N#Cc1ccc(Cn2cncc2CC(=O)NC2CCN(c3c(Br)ccc4ccc(O)cc34)C2=O)cc1F. The first-order valence-corrected chi connectivity index (χ1v) is 12.3. The Bertz CT molecular complexity index is 1570. The van der Waals surface area contributed by atoms with E-state index in [0.29, 0.717) is 34.4 Å². The number of anilines is 1. The van der Waals surface area contributed by atoms with Gasteiger partial charge in [-0.3, -0.25) is 9.59 Å². The number of nitrogens with one attached hydrogen (secondary N) is 1. The highest BCUT2D eigenvalue weighted by Gasteiger charge is 2.35. The molecule has 1 aromatic heterocycles. The molecule has 0 spiro atoms. The monoisotopic (exact) mass is 561 g/mol. The molecule has 5 rings (SSSR count). The first-order chi connectivity index (χ1) is 17.8. The van der Waals surface area contributed by atoms with Crippen molar-refractivity contribution >= 4 is 44.2 Å².